The first-order chi connectivity index (χ1) is 12.7. The van der Waals surface area contributed by atoms with Gasteiger partial charge in [0.25, 0.3) is 0 Å². The van der Waals surface area contributed by atoms with E-state index in [0.717, 1.165) is 0 Å². The predicted octanol–water partition coefficient (Wildman–Crippen LogP) is 6.95. The van der Waals surface area contributed by atoms with Crippen LogP contribution in [0, 0.1) is 10.8 Å². The van der Waals surface area contributed by atoms with Gasteiger partial charge in [0.05, 0.1) is 22.3 Å². The molecular weight excluding hydrogens is 486 g/mol. The molecule has 0 aromatic rings. The molecule has 0 saturated heterocycles. The van der Waals surface area contributed by atoms with Crippen LogP contribution in [0.3, 0.4) is 0 Å². The SMILES string of the molecule is FC(F)(F)C1=C(C(F)(F)F)C2(C(F)(F)F)C(C(F)(F)F)=C(C(F)(F)F)C12C(F)(F)F. The molecule has 0 aromatic heterocycles. The number of allylic oxidation sites excluding steroid dienone is 4. The van der Waals surface area contributed by atoms with Crippen LogP contribution in [0.15, 0.2) is 22.3 Å². The van der Waals surface area contributed by atoms with E-state index in [-0.39, 0.29) is 0 Å². The molecule has 2 aliphatic carbocycles. The molecule has 30 heavy (non-hydrogen) atoms. The Balaban J connectivity index is 3.32. The number of alkyl halides is 18. The first-order valence-electron chi connectivity index (χ1n) is 6.65. The van der Waals surface area contributed by atoms with Crippen LogP contribution in [0.2, 0.25) is 0 Å². The number of hydrogen-bond acceptors (Lipinski definition) is 0. The van der Waals surface area contributed by atoms with Crippen molar-refractivity contribution in [2.24, 2.45) is 10.8 Å². The Labute approximate surface area is 150 Å². The molecule has 0 nitrogen and oxygen atoms in total. The predicted molar refractivity (Wildman–Crippen MR) is 55.2 cm³/mol. The Morgan fingerprint density at radius 1 is 0.300 bits per heavy atom. The van der Waals surface area contributed by atoms with Crippen LogP contribution >= 0.6 is 0 Å². The normalized spacial score (nSPS) is 29.0. The molecule has 0 radical (unpaired) electrons. The second-order valence-corrected chi connectivity index (χ2v) is 5.99. The van der Waals surface area contributed by atoms with Gasteiger partial charge in [-0.15, -0.1) is 0 Å². The van der Waals surface area contributed by atoms with Crippen LogP contribution in [0.4, 0.5) is 79.0 Å². The van der Waals surface area contributed by atoms with Crippen molar-refractivity contribution in [2.45, 2.75) is 37.1 Å². The summed E-state index contributed by atoms with van der Waals surface area (Å²) in [5.41, 5.74) is -31.2. The highest BCUT2D eigenvalue weighted by atomic mass is 19.4. The maximum absolute atomic E-state index is 13.3. The highest BCUT2D eigenvalue weighted by Gasteiger charge is 3.01. The Kier molecular flexibility index (Phi) is 4.51. The second-order valence-electron chi connectivity index (χ2n) is 5.99. The summed E-state index contributed by atoms with van der Waals surface area (Å²) in [6.45, 7) is 0. The quantitative estimate of drug-likeness (QED) is 0.257. The smallest absolute Gasteiger partial charge is 0.170 e. The van der Waals surface area contributed by atoms with Gasteiger partial charge in [0, 0.05) is 0 Å². The van der Waals surface area contributed by atoms with E-state index in [2.05, 4.69) is 0 Å². The van der Waals surface area contributed by atoms with Gasteiger partial charge in [-0.1, -0.05) is 0 Å². The number of halogens is 18. The van der Waals surface area contributed by atoms with Crippen molar-refractivity contribution in [1.82, 2.24) is 0 Å². The van der Waals surface area contributed by atoms with Crippen LogP contribution in [-0.2, 0) is 0 Å². The molecular formula is C12F18. The molecule has 2 rings (SSSR count). The van der Waals surface area contributed by atoms with Crippen LogP contribution in [0.25, 0.3) is 0 Å². The summed E-state index contributed by atoms with van der Waals surface area (Å²) in [6.07, 6.45) is -43.7. The molecule has 0 aliphatic heterocycles. The number of rotatable bonds is 0. The largest absolute Gasteiger partial charge is 0.414 e. The summed E-state index contributed by atoms with van der Waals surface area (Å²) in [6, 6.07) is 0. The lowest BCUT2D eigenvalue weighted by Gasteiger charge is -2.69. The summed E-state index contributed by atoms with van der Waals surface area (Å²) in [7, 11) is 0. The average molecular weight is 486 g/mol. The summed E-state index contributed by atoms with van der Waals surface area (Å²) >= 11 is 0. The van der Waals surface area contributed by atoms with E-state index >= 15 is 0 Å². The average Bonchev–Trinajstić information content (AvgIpc) is 2.29. The van der Waals surface area contributed by atoms with E-state index in [1.807, 2.05) is 0 Å². The lowest BCUT2D eigenvalue weighted by Crippen LogP contribution is -2.80. The van der Waals surface area contributed by atoms with E-state index in [0.29, 0.717) is 0 Å². The molecule has 0 bridgehead atoms. The summed E-state index contributed by atoms with van der Waals surface area (Å²) < 4.78 is 236. The van der Waals surface area contributed by atoms with Crippen molar-refractivity contribution in [3.63, 3.8) is 0 Å². The second kappa shape index (κ2) is 5.52. The Morgan fingerprint density at radius 2 is 0.433 bits per heavy atom. The minimum absolute atomic E-state index is 4.45. The van der Waals surface area contributed by atoms with E-state index in [1.54, 1.807) is 0 Å². The maximum Gasteiger partial charge on any atom is 0.414 e. The fourth-order valence-electron chi connectivity index (χ4n) is 4.03. The van der Waals surface area contributed by atoms with Crippen LogP contribution in [-0.4, -0.2) is 37.1 Å². The zero-order valence-corrected chi connectivity index (χ0v) is 12.8. The minimum atomic E-state index is -7.51. The summed E-state index contributed by atoms with van der Waals surface area (Å²) in [5.74, 6) is 0. The van der Waals surface area contributed by atoms with Crippen LogP contribution in [0.5, 0.6) is 0 Å². The van der Waals surface area contributed by atoms with E-state index in [1.165, 1.54) is 0 Å². The van der Waals surface area contributed by atoms with Gasteiger partial charge >= 0.3 is 37.1 Å². The molecule has 2 aliphatic rings. The summed E-state index contributed by atoms with van der Waals surface area (Å²) in [4.78, 5) is 0. The monoisotopic (exact) mass is 486 g/mol. The molecule has 0 heterocycles. The van der Waals surface area contributed by atoms with Crippen molar-refractivity contribution in [3.8, 4) is 0 Å². The van der Waals surface area contributed by atoms with Crippen molar-refractivity contribution in [1.29, 1.82) is 0 Å². The number of hydrogen-bond donors (Lipinski definition) is 0. The number of fused-ring (bicyclic) bond motifs is 1. The minimum Gasteiger partial charge on any atom is -0.170 e. The lowest BCUT2D eigenvalue weighted by atomic mass is 9.32. The molecule has 0 spiro atoms. The third-order valence-electron chi connectivity index (χ3n) is 4.55. The van der Waals surface area contributed by atoms with Gasteiger partial charge in [-0.3, -0.25) is 0 Å². The van der Waals surface area contributed by atoms with Gasteiger partial charge in [0.15, 0.2) is 0 Å². The summed E-state index contributed by atoms with van der Waals surface area (Å²) in [5, 5.41) is 0. The Hall–Kier alpha value is -1.78. The first-order valence-corrected chi connectivity index (χ1v) is 6.65. The molecule has 0 fully saturated rings. The van der Waals surface area contributed by atoms with Gasteiger partial charge in [-0.05, 0) is 0 Å². The molecule has 0 amide bonds. The van der Waals surface area contributed by atoms with Gasteiger partial charge in [0.1, 0.15) is 10.8 Å². The molecule has 0 atom stereocenters. The standard InChI is InChI=1S/C12F18/c13-7(14,15)1-2(8(16,17)18)6(12(28,29)30)4(10(22,23)24)3(9(19,20)21)5(1,6)11(25,26)27. The van der Waals surface area contributed by atoms with Crippen molar-refractivity contribution >= 4 is 0 Å². The zero-order chi connectivity index (χ0) is 24.3. The van der Waals surface area contributed by atoms with Gasteiger partial charge in [-0.2, -0.15) is 79.0 Å². The molecule has 174 valence electrons. The topological polar surface area (TPSA) is 0 Å². The fraction of sp³-hybridized carbons (Fsp3) is 0.667. The third-order valence-corrected chi connectivity index (χ3v) is 4.55. The van der Waals surface area contributed by atoms with E-state index < -0.39 is 70.2 Å². The first kappa shape index (κ1) is 24.5. The van der Waals surface area contributed by atoms with E-state index in [9.17, 15) is 79.0 Å². The van der Waals surface area contributed by atoms with Gasteiger partial charge < -0.3 is 0 Å². The van der Waals surface area contributed by atoms with Gasteiger partial charge in [0.2, 0.25) is 0 Å². The van der Waals surface area contributed by atoms with Crippen molar-refractivity contribution in [3.05, 3.63) is 22.3 Å². The highest BCUT2D eigenvalue weighted by molar-refractivity contribution is 5.73. The third kappa shape index (κ3) is 2.53. The zero-order valence-electron chi connectivity index (χ0n) is 12.8. The van der Waals surface area contributed by atoms with Gasteiger partial charge in [-0.25, -0.2) is 0 Å². The molecule has 18 heteroatoms. The lowest BCUT2D eigenvalue weighted by molar-refractivity contribution is -0.374. The molecule has 0 aromatic carbocycles. The highest BCUT2D eigenvalue weighted by Crippen LogP contribution is 2.90. The maximum atomic E-state index is 13.3. The van der Waals surface area contributed by atoms with Crippen LogP contribution in [0.1, 0.15) is 0 Å². The molecule has 0 N–H and O–H groups in total. The molecule has 0 unspecified atom stereocenters. The Morgan fingerprint density at radius 3 is 0.500 bits per heavy atom. The fourth-order valence-corrected chi connectivity index (χ4v) is 4.03. The van der Waals surface area contributed by atoms with Crippen LogP contribution < -0.4 is 0 Å². The van der Waals surface area contributed by atoms with E-state index in [4.69, 9.17) is 0 Å². The molecule has 0 saturated carbocycles. The van der Waals surface area contributed by atoms with Crippen molar-refractivity contribution < 1.29 is 79.0 Å². The Bertz CT molecular complexity index is 692. The van der Waals surface area contributed by atoms with Crippen molar-refractivity contribution in [2.75, 3.05) is 0 Å².